The maximum Gasteiger partial charge on any atom is 0.322 e. The molecular weight excluding hydrogens is 316 g/mol. The first-order chi connectivity index (χ1) is 11.9. The van der Waals surface area contributed by atoms with Crippen LogP contribution in [0.3, 0.4) is 0 Å². The Balaban J connectivity index is 1.88. The molecule has 1 aromatic rings. The Labute approximate surface area is 148 Å². The highest BCUT2D eigenvalue weighted by Gasteiger charge is 2.57. The topological polar surface area (TPSA) is 52.6 Å². The van der Waals surface area contributed by atoms with Crippen LogP contribution in [-0.4, -0.2) is 24.0 Å². The van der Waals surface area contributed by atoms with Crippen LogP contribution in [0, 0.1) is 26.7 Å². The largest absolute Gasteiger partial charge is 0.493 e. The summed E-state index contributed by atoms with van der Waals surface area (Å²) in [7, 11) is 0. The van der Waals surface area contributed by atoms with Gasteiger partial charge in [-0.2, -0.15) is 0 Å². The van der Waals surface area contributed by atoms with E-state index in [1.165, 1.54) is 0 Å². The predicted octanol–water partition coefficient (Wildman–Crippen LogP) is 3.92. The molecule has 5 rings (SSSR count). The molecule has 3 bridgehead atoms. The molecule has 0 aromatic heterocycles. The Bertz CT molecular complexity index is 741. The van der Waals surface area contributed by atoms with E-state index < -0.39 is 11.5 Å². The van der Waals surface area contributed by atoms with Crippen molar-refractivity contribution in [3.8, 4) is 5.75 Å². The molecule has 4 nitrogen and oxygen atoms in total. The van der Waals surface area contributed by atoms with Gasteiger partial charge in [-0.15, -0.1) is 0 Å². The molecule has 3 heterocycles. The summed E-state index contributed by atoms with van der Waals surface area (Å²) in [6, 6.07) is 2.05. The summed E-state index contributed by atoms with van der Waals surface area (Å²) < 4.78 is 11.9. The number of hydrogen-bond acceptors (Lipinski definition) is 4. The number of ketones is 1. The Kier molecular flexibility index (Phi) is 3.89. The lowest BCUT2D eigenvalue weighted by Crippen LogP contribution is -2.41. The first-order valence-electron chi connectivity index (χ1n) is 9.43. The number of carbonyl (C=O) groups excluding carboxylic acids is 2. The number of benzene rings is 1. The minimum absolute atomic E-state index is 0.0484. The van der Waals surface area contributed by atoms with Gasteiger partial charge in [0.15, 0.2) is 11.4 Å². The van der Waals surface area contributed by atoms with Crippen LogP contribution < -0.4 is 4.74 Å². The van der Waals surface area contributed by atoms with Crippen molar-refractivity contribution in [1.29, 1.82) is 0 Å². The maximum atomic E-state index is 13.3. The van der Waals surface area contributed by atoms with E-state index in [0.717, 1.165) is 53.7 Å². The SMILES string of the molecule is Cc1cc(C)c2c(c1C)OCCCC1CCC3(CC1)OC(=O)C2C3=O. The minimum Gasteiger partial charge on any atom is -0.493 e. The van der Waals surface area contributed by atoms with E-state index in [1.807, 2.05) is 26.8 Å². The highest BCUT2D eigenvalue weighted by Crippen LogP contribution is 2.48. The van der Waals surface area contributed by atoms with Crippen molar-refractivity contribution in [3.05, 3.63) is 28.3 Å². The second-order valence-electron chi connectivity index (χ2n) is 8.02. The highest BCUT2D eigenvalue weighted by molar-refractivity contribution is 6.14. The number of hydrogen-bond donors (Lipinski definition) is 0. The van der Waals surface area contributed by atoms with Crippen LogP contribution in [0.5, 0.6) is 5.75 Å². The standard InChI is InChI=1S/C21H26O4/c1-12-11-13(2)16-17-19(22)21(25-20(17)23)8-6-15(7-9-21)5-4-10-24-18(16)14(12)3/h11,15,17H,4-10H2,1-3H3. The van der Waals surface area contributed by atoms with Gasteiger partial charge in [-0.05, 0) is 81.9 Å². The Morgan fingerprint density at radius 1 is 1.04 bits per heavy atom. The zero-order chi connectivity index (χ0) is 17.8. The van der Waals surface area contributed by atoms with Gasteiger partial charge in [0, 0.05) is 5.56 Å². The average molecular weight is 342 g/mol. The second kappa shape index (κ2) is 5.86. The quantitative estimate of drug-likeness (QED) is 0.530. The number of aryl methyl sites for hydroxylation is 2. The molecule has 25 heavy (non-hydrogen) atoms. The zero-order valence-corrected chi connectivity index (χ0v) is 15.3. The Morgan fingerprint density at radius 2 is 1.76 bits per heavy atom. The molecular formula is C21H26O4. The lowest BCUT2D eigenvalue weighted by atomic mass is 9.72. The van der Waals surface area contributed by atoms with E-state index in [-0.39, 0.29) is 11.8 Å². The van der Waals surface area contributed by atoms with Crippen molar-refractivity contribution < 1.29 is 19.1 Å². The molecule has 2 fully saturated rings. The van der Waals surface area contributed by atoms with Gasteiger partial charge >= 0.3 is 5.97 Å². The average Bonchev–Trinajstić information content (AvgIpc) is 2.81. The molecule has 1 unspecified atom stereocenters. The molecule has 1 spiro atoms. The third-order valence-electron chi connectivity index (χ3n) is 6.48. The van der Waals surface area contributed by atoms with Crippen molar-refractivity contribution >= 4 is 11.8 Å². The molecule has 4 heteroatoms. The predicted molar refractivity (Wildman–Crippen MR) is 93.9 cm³/mol. The van der Waals surface area contributed by atoms with Crippen molar-refractivity contribution in [1.82, 2.24) is 0 Å². The van der Waals surface area contributed by atoms with Gasteiger partial charge in [-0.1, -0.05) is 6.07 Å². The van der Waals surface area contributed by atoms with E-state index in [9.17, 15) is 9.59 Å². The fourth-order valence-corrected chi connectivity index (χ4v) is 4.86. The zero-order valence-electron chi connectivity index (χ0n) is 15.3. The smallest absolute Gasteiger partial charge is 0.322 e. The Morgan fingerprint density at radius 3 is 2.48 bits per heavy atom. The monoisotopic (exact) mass is 342 g/mol. The summed E-state index contributed by atoms with van der Waals surface area (Å²) in [6.45, 7) is 6.64. The first kappa shape index (κ1) is 16.6. The highest BCUT2D eigenvalue weighted by atomic mass is 16.6. The first-order valence-corrected chi connectivity index (χ1v) is 9.43. The van der Waals surface area contributed by atoms with E-state index >= 15 is 0 Å². The molecule has 0 amide bonds. The van der Waals surface area contributed by atoms with Crippen LogP contribution in [0.4, 0.5) is 0 Å². The molecule has 1 saturated carbocycles. The second-order valence-corrected chi connectivity index (χ2v) is 8.02. The molecule has 4 aliphatic rings. The van der Waals surface area contributed by atoms with Gasteiger partial charge in [0.25, 0.3) is 0 Å². The number of ether oxygens (including phenoxy) is 2. The number of carbonyl (C=O) groups is 2. The molecule has 134 valence electrons. The van der Waals surface area contributed by atoms with Gasteiger partial charge in [-0.3, -0.25) is 9.59 Å². The fraction of sp³-hybridized carbons (Fsp3) is 0.619. The molecule has 0 N–H and O–H groups in total. The molecule has 1 saturated heterocycles. The van der Waals surface area contributed by atoms with E-state index in [0.29, 0.717) is 25.4 Å². The van der Waals surface area contributed by atoms with Crippen LogP contribution in [0.1, 0.15) is 66.7 Å². The number of esters is 1. The Hall–Kier alpha value is -1.84. The van der Waals surface area contributed by atoms with Crippen LogP contribution in [0.25, 0.3) is 0 Å². The lowest BCUT2D eigenvalue weighted by Gasteiger charge is -2.35. The minimum atomic E-state index is -0.889. The summed E-state index contributed by atoms with van der Waals surface area (Å²) in [4.78, 5) is 26.1. The molecule has 1 atom stereocenters. The van der Waals surface area contributed by atoms with Gasteiger partial charge in [0.05, 0.1) is 6.61 Å². The van der Waals surface area contributed by atoms with Gasteiger partial charge in [-0.25, -0.2) is 0 Å². The molecule has 1 aliphatic carbocycles. The third-order valence-corrected chi connectivity index (χ3v) is 6.48. The van der Waals surface area contributed by atoms with E-state index in [4.69, 9.17) is 9.47 Å². The summed E-state index contributed by atoms with van der Waals surface area (Å²) in [6.07, 6.45) is 5.41. The van der Waals surface area contributed by atoms with Crippen LogP contribution >= 0.6 is 0 Å². The van der Waals surface area contributed by atoms with Gasteiger partial charge in [0.1, 0.15) is 11.7 Å². The van der Waals surface area contributed by atoms with Crippen LogP contribution in [0.2, 0.25) is 0 Å². The molecule has 3 aliphatic heterocycles. The lowest BCUT2D eigenvalue weighted by molar-refractivity contribution is -0.155. The van der Waals surface area contributed by atoms with Crippen LogP contribution in [-0.2, 0) is 14.3 Å². The fourth-order valence-electron chi connectivity index (χ4n) is 4.86. The maximum absolute atomic E-state index is 13.3. The normalized spacial score (nSPS) is 31.6. The van der Waals surface area contributed by atoms with Crippen molar-refractivity contribution in [2.24, 2.45) is 5.92 Å². The van der Waals surface area contributed by atoms with Crippen LogP contribution in [0.15, 0.2) is 6.07 Å². The summed E-state index contributed by atoms with van der Waals surface area (Å²) in [5.41, 5.74) is 2.93. The van der Waals surface area contributed by atoms with Crippen molar-refractivity contribution in [2.45, 2.75) is 70.8 Å². The number of rotatable bonds is 0. The van der Waals surface area contributed by atoms with Crippen molar-refractivity contribution in [3.63, 3.8) is 0 Å². The van der Waals surface area contributed by atoms with Gasteiger partial charge in [0.2, 0.25) is 0 Å². The van der Waals surface area contributed by atoms with E-state index in [2.05, 4.69) is 0 Å². The number of fused-ring (bicyclic) bond motifs is 5. The number of Topliss-reactive ketones (excluding diaryl/α,β-unsaturated/α-hetero) is 1. The molecule has 1 aromatic carbocycles. The summed E-state index contributed by atoms with van der Waals surface area (Å²) >= 11 is 0. The van der Waals surface area contributed by atoms with Gasteiger partial charge < -0.3 is 9.47 Å². The summed E-state index contributed by atoms with van der Waals surface area (Å²) in [5, 5.41) is 0. The summed E-state index contributed by atoms with van der Waals surface area (Å²) in [5.74, 6) is 0.0669. The third kappa shape index (κ3) is 2.49. The van der Waals surface area contributed by atoms with E-state index in [1.54, 1.807) is 0 Å². The molecule has 0 radical (unpaired) electrons. The van der Waals surface area contributed by atoms with Crippen molar-refractivity contribution in [2.75, 3.05) is 6.61 Å².